The number of amides is 1. The molecule has 0 atom stereocenters. The Kier molecular flexibility index (Phi) is 5.19. The maximum Gasteiger partial charge on any atom is 0.275 e. The van der Waals surface area contributed by atoms with Crippen LogP contribution in [-0.2, 0) is 0 Å². The first-order valence-electron chi connectivity index (χ1n) is 6.17. The number of hydrogen-bond donors (Lipinski definition) is 1. The van der Waals surface area contributed by atoms with Crippen molar-refractivity contribution in [2.24, 2.45) is 0 Å². The summed E-state index contributed by atoms with van der Waals surface area (Å²) in [6.07, 6.45) is 1.43. The highest BCUT2D eigenvalue weighted by Crippen LogP contribution is 2.26. The van der Waals surface area contributed by atoms with Gasteiger partial charge in [0.25, 0.3) is 5.91 Å². The molecule has 0 saturated heterocycles. The van der Waals surface area contributed by atoms with E-state index in [9.17, 15) is 4.79 Å². The van der Waals surface area contributed by atoms with Crippen LogP contribution in [0.4, 0.5) is 5.69 Å². The Morgan fingerprint density at radius 1 is 1.29 bits per heavy atom. The minimum absolute atomic E-state index is 0.100. The number of aromatic nitrogens is 2. The SMILES string of the molecule is CC(C)c1ncc(Cl)c(C(=O)Nc2cc(Br)ccc2Cl)n1. The number of carbonyl (C=O) groups excluding carboxylic acids is 1. The molecule has 21 heavy (non-hydrogen) atoms. The van der Waals surface area contributed by atoms with Gasteiger partial charge >= 0.3 is 0 Å². The molecular formula is C14H12BrCl2N3O. The summed E-state index contributed by atoms with van der Waals surface area (Å²) in [5.41, 5.74) is 0.614. The molecule has 0 saturated carbocycles. The predicted octanol–water partition coefficient (Wildman–Crippen LogP) is 4.92. The molecule has 0 radical (unpaired) electrons. The molecule has 0 aliphatic carbocycles. The van der Waals surface area contributed by atoms with Gasteiger partial charge in [-0.05, 0) is 18.2 Å². The number of halogens is 3. The summed E-state index contributed by atoms with van der Waals surface area (Å²) in [5.74, 6) is 0.234. The zero-order valence-corrected chi connectivity index (χ0v) is 14.4. The fraction of sp³-hybridized carbons (Fsp3) is 0.214. The molecule has 2 rings (SSSR count). The summed E-state index contributed by atoms with van der Waals surface area (Å²) in [7, 11) is 0. The summed E-state index contributed by atoms with van der Waals surface area (Å²) in [4.78, 5) is 20.6. The van der Waals surface area contributed by atoms with Gasteiger partial charge in [0.2, 0.25) is 0 Å². The van der Waals surface area contributed by atoms with Crippen LogP contribution in [0.2, 0.25) is 10.0 Å². The molecule has 1 aromatic heterocycles. The number of nitrogens with zero attached hydrogens (tertiary/aromatic N) is 2. The minimum Gasteiger partial charge on any atom is -0.319 e. The zero-order chi connectivity index (χ0) is 15.6. The van der Waals surface area contributed by atoms with Crippen molar-refractivity contribution >= 4 is 50.7 Å². The lowest BCUT2D eigenvalue weighted by Crippen LogP contribution is -2.16. The van der Waals surface area contributed by atoms with E-state index in [4.69, 9.17) is 23.2 Å². The first kappa shape index (κ1) is 16.2. The molecule has 0 unspecified atom stereocenters. The van der Waals surface area contributed by atoms with Gasteiger partial charge in [-0.1, -0.05) is 53.0 Å². The molecule has 1 heterocycles. The van der Waals surface area contributed by atoms with Crippen LogP contribution in [0.25, 0.3) is 0 Å². The Balaban J connectivity index is 2.32. The lowest BCUT2D eigenvalue weighted by atomic mass is 10.2. The van der Waals surface area contributed by atoms with Crippen LogP contribution < -0.4 is 5.32 Å². The third kappa shape index (κ3) is 3.93. The van der Waals surface area contributed by atoms with Crippen LogP contribution in [0.5, 0.6) is 0 Å². The summed E-state index contributed by atoms with van der Waals surface area (Å²) in [6.45, 7) is 3.88. The summed E-state index contributed by atoms with van der Waals surface area (Å²) in [5, 5.41) is 3.33. The maximum atomic E-state index is 12.3. The Morgan fingerprint density at radius 3 is 2.67 bits per heavy atom. The normalized spacial score (nSPS) is 10.8. The number of anilines is 1. The molecule has 1 aromatic carbocycles. The fourth-order valence-electron chi connectivity index (χ4n) is 1.59. The molecule has 110 valence electrons. The van der Waals surface area contributed by atoms with Crippen LogP contribution in [0, 0.1) is 0 Å². The smallest absolute Gasteiger partial charge is 0.275 e. The summed E-state index contributed by atoms with van der Waals surface area (Å²) >= 11 is 15.4. The van der Waals surface area contributed by atoms with E-state index in [2.05, 4.69) is 31.2 Å². The highest BCUT2D eigenvalue weighted by atomic mass is 79.9. The van der Waals surface area contributed by atoms with Crippen molar-refractivity contribution in [3.8, 4) is 0 Å². The van der Waals surface area contributed by atoms with Gasteiger partial charge in [-0.3, -0.25) is 4.79 Å². The number of rotatable bonds is 3. The molecular weight excluding hydrogens is 377 g/mol. The second-order valence-corrected chi connectivity index (χ2v) is 6.39. The van der Waals surface area contributed by atoms with Crippen LogP contribution in [-0.4, -0.2) is 15.9 Å². The van der Waals surface area contributed by atoms with Crippen molar-refractivity contribution in [3.05, 3.63) is 50.4 Å². The number of nitrogens with one attached hydrogen (secondary N) is 1. The van der Waals surface area contributed by atoms with E-state index in [1.807, 2.05) is 13.8 Å². The van der Waals surface area contributed by atoms with E-state index < -0.39 is 5.91 Å². The Hall–Kier alpha value is -1.17. The Labute approximate surface area is 141 Å². The number of hydrogen-bond acceptors (Lipinski definition) is 3. The topological polar surface area (TPSA) is 54.9 Å². The number of benzene rings is 1. The van der Waals surface area contributed by atoms with Gasteiger partial charge in [-0.2, -0.15) is 0 Å². The molecule has 1 N–H and O–H groups in total. The number of carbonyl (C=O) groups is 1. The van der Waals surface area contributed by atoms with Crippen LogP contribution in [0.1, 0.15) is 36.1 Å². The quantitative estimate of drug-likeness (QED) is 0.811. The van der Waals surface area contributed by atoms with Gasteiger partial charge in [0, 0.05) is 10.4 Å². The van der Waals surface area contributed by atoms with Crippen molar-refractivity contribution < 1.29 is 4.79 Å². The molecule has 7 heteroatoms. The van der Waals surface area contributed by atoms with E-state index in [1.54, 1.807) is 18.2 Å². The average Bonchev–Trinajstić information content (AvgIpc) is 2.43. The molecule has 2 aromatic rings. The van der Waals surface area contributed by atoms with Gasteiger partial charge in [0.05, 0.1) is 21.9 Å². The van der Waals surface area contributed by atoms with Crippen molar-refractivity contribution in [1.29, 1.82) is 0 Å². The van der Waals surface area contributed by atoms with Crippen molar-refractivity contribution in [2.45, 2.75) is 19.8 Å². The highest BCUT2D eigenvalue weighted by molar-refractivity contribution is 9.10. The lowest BCUT2D eigenvalue weighted by molar-refractivity contribution is 0.102. The second kappa shape index (κ2) is 6.73. The lowest BCUT2D eigenvalue weighted by Gasteiger charge is -2.10. The standard InChI is InChI=1S/C14H12BrCl2N3O/c1-7(2)13-18-6-10(17)12(20-13)14(21)19-11-5-8(15)3-4-9(11)16/h3-7H,1-2H3,(H,19,21). The van der Waals surface area contributed by atoms with Crippen molar-refractivity contribution in [2.75, 3.05) is 5.32 Å². The molecule has 0 spiro atoms. The van der Waals surface area contributed by atoms with Gasteiger partial charge in [0.1, 0.15) is 5.82 Å². The van der Waals surface area contributed by atoms with E-state index in [1.165, 1.54) is 6.20 Å². The first-order chi connectivity index (χ1) is 9.88. The molecule has 0 fully saturated rings. The minimum atomic E-state index is -0.427. The monoisotopic (exact) mass is 387 g/mol. The largest absolute Gasteiger partial charge is 0.319 e. The average molecular weight is 389 g/mol. The van der Waals surface area contributed by atoms with Crippen LogP contribution >= 0.6 is 39.1 Å². The molecule has 0 bridgehead atoms. The van der Waals surface area contributed by atoms with Crippen LogP contribution in [0.3, 0.4) is 0 Å². The summed E-state index contributed by atoms with van der Waals surface area (Å²) in [6, 6.07) is 5.17. The third-order valence-electron chi connectivity index (χ3n) is 2.67. The van der Waals surface area contributed by atoms with Gasteiger partial charge in [-0.15, -0.1) is 0 Å². The van der Waals surface area contributed by atoms with E-state index >= 15 is 0 Å². The molecule has 1 amide bonds. The van der Waals surface area contributed by atoms with E-state index in [0.29, 0.717) is 16.5 Å². The van der Waals surface area contributed by atoms with E-state index in [-0.39, 0.29) is 16.6 Å². The first-order valence-corrected chi connectivity index (χ1v) is 7.72. The Morgan fingerprint density at radius 2 is 2.00 bits per heavy atom. The Bertz CT molecular complexity index is 692. The van der Waals surface area contributed by atoms with Gasteiger partial charge in [0.15, 0.2) is 5.69 Å². The predicted molar refractivity (Wildman–Crippen MR) is 88.2 cm³/mol. The third-order valence-corrected chi connectivity index (χ3v) is 3.77. The second-order valence-electron chi connectivity index (χ2n) is 4.66. The molecule has 4 nitrogen and oxygen atoms in total. The van der Waals surface area contributed by atoms with E-state index in [0.717, 1.165) is 4.47 Å². The van der Waals surface area contributed by atoms with Gasteiger partial charge < -0.3 is 5.32 Å². The van der Waals surface area contributed by atoms with Crippen molar-refractivity contribution in [1.82, 2.24) is 9.97 Å². The van der Waals surface area contributed by atoms with Gasteiger partial charge in [-0.25, -0.2) is 9.97 Å². The fourth-order valence-corrected chi connectivity index (χ4v) is 2.30. The zero-order valence-electron chi connectivity index (χ0n) is 11.3. The molecule has 0 aliphatic rings. The highest BCUT2D eigenvalue weighted by Gasteiger charge is 2.16. The van der Waals surface area contributed by atoms with Crippen molar-refractivity contribution in [3.63, 3.8) is 0 Å². The molecule has 0 aliphatic heterocycles. The maximum absolute atomic E-state index is 12.3. The summed E-state index contributed by atoms with van der Waals surface area (Å²) < 4.78 is 0.804. The van der Waals surface area contributed by atoms with Crippen LogP contribution in [0.15, 0.2) is 28.9 Å².